The zero-order chi connectivity index (χ0) is 12.9. The van der Waals surface area contributed by atoms with Crippen molar-refractivity contribution in [3.63, 3.8) is 0 Å². The second-order valence-electron chi connectivity index (χ2n) is 5.97. The molecule has 0 amide bonds. The van der Waals surface area contributed by atoms with Gasteiger partial charge in [0.25, 0.3) is 0 Å². The van der Waals surface area contributed by atoms with Crippen LogP contribution in [0.3, 0.4) is 0 Å². The molecule has 19 heavy (non-hydrogen) atoms. The predicted octanol–water partition coefficient (Wildman–Crippen LogP) is 3.27. The van der Waals surface area contributed by atoms with Crippen molar-refractivity contribution in [3.8, 4) is 5.75 Å². The topological polar surface area (TPSA) is 48.9 Å². The van der Waals surface area contributed by atoms with Crippen molar-refractivity contribution in [3.05, 3.63) is 47.5 Å². The van der Waals surface area contributed by atoms with Crippen LogP contribution in [0.25, 0.3) is 0 Å². The summed E-state index contributed by atoms with van der Waals surface area (Å²) < 4.78 is 0. The summed E-state index contributed by atoms with van der Waals surface area (Å²) in [6, 6.07) is 5.88. The van der Waals surface area contributed by atoms with Gasteiger partial charge in [-0.05, 0) is 48.4 Å². The van der Waals surface area contributed by atoms with Crippen molar-refractivity contribution >= 4 is 0 Å². The maximum atomic E-state index is 9.78. The highest BCUT2D eigenvalue weighted by Crippen LogP contribution is 2.56. The van der Waals surface area contributed by atoms with Gasteiger partial charge in [0.2, 0.25) is 0 Å². The summed E-state index contributed by atoms with van der Waals surface area (Å²) >= 11 is 0. The number of hydrogen-bond donors (Lipinski definition) is 2. The first-order chi connectivity index (χ1) is 9.29. The summed E-state index contributed by atoms with van der Waals surface area (Å²) in [5.41, 5.74) is 4.11. The minimum Gasteiger partial charge on any atom is -0.508 e. The fraction of sp³-hybridized carbons (Fsp3) is 0.438. The van der Waals surface area contributed by atoms with E-state index in [0.717, 1.165) is 6.42 Å². The van der Waals surface area contributed by atoms with E-state index in [2.05, 4.69) is 22.2 Å². The first-order valence-corrected chi connectivity index (χ1v) is 7.11. The lowest BCUT2D eigenvalue weighted by molar-refractivity contribution is 0.262. The lowest BCUT2D eigenvalue weighted by Crippen LogP contribution is -2.34. The van der Waals surface area contributed by atoms with Crippen LogP contribution < -0.4 is 0 Å². The van der Waals surface area contributed by atoms with E-state index in [-0.39, 0.29) is 5.41 Å². The number of aromatic nitrogens is 2. The van der Waals surface area contributed by atoms with Crippen LogP contribution in [0.4, 0.5) is 0 Å². The smallest absolute Gasteiger partial charge is 0.115 e. The quantitative estimate of drug-likeness (QED) is 0.820. The molecule has 3 heteroatoms. The molecule has 1 saturated carbocycles. The summed E-state index contributed by atoms with van der Waals surface area (Å²) in [5.74, 6) is 0.911. The van der Waals surface area contributed by atoms with Gasteiger partial charge in [-0.1, -0.05) is 18.9 Å². The Morgan fingerprint density at radius 3 is 3.11 bits per heavy atom. The number of phenols is 1. The third-order valence-corrected chi connectivity index (χ3v) is 5.05. The lowest BCUT2D eigenvalue weighted by atomic mass is 9.65. The standard InChI is InChI=1S/C16H18N2O/c19-12-5-4-11-8-16(15-9-17-10-18-15)6-2-1-3-14(16)13(11)7-12/h4-5,7,9-10,14,19H,1-3,6,8H2,(H,17,18). The van der Waals surface area contributed by atoms with Crippen LogP contribution in [0.15, 0.2) is 30.7 Å². The van der Waals surface area contributed by atoms with E-state index in [1.54, 1.807) is 6.33 Å². The van der Waals surface area contributed by atoms with Gasteiger partial charge in [-0.2, -0.15) is 0 Å². The highest BCUT2D eigenvalue weighted by Gasteiger charge is 2.49. The van der Waals surface area contributed by atoms with Crippen LogP contribution in [-0.4, -0.2) is 15.1 Å². The molecule has 0 saturated heterocycles. The third-order valence-electron chi connectivity index (χ3n) is 5.05. The number of nitrogens with one attached hydrogen (secondary N) is 1. The van der Waals surface area contributed by atoms with Crippen molar-refractivity contribution in [2.75, 3.05) is 0 Å². The van der Waals surface area contributed by atoms with Crippen LogP contribution in [0.1, 0.15) is 48.4 Å². The Morgan fingerprint density at radius 2 is 2.26 bits per heavy atom. The maximum absolute atomic E-state index is 9.78. The molecule has 0 spiro atoms. The SMILES string of the molecule is Oc1ccc2c(c1)C1CCCCC1(c1c[nH]cn1)C2. The Kier molecular flexibility index (Phi) is 2.25. The number of imidazole rings is 1. The molecule has 2 atom stereocenters. The van der Waals surface area contributed by atoms with Crippen LogP contribution in [0.2, 0.25) is 0 Å². The minimum absolute atomic E-state index is 0.161. The Morgan fingerprint density at radius 1 is 1.32 bits per heavy atom. The van der Waals surface area contributed by atoms with E-state index in [1.807, 2.05) is 12.1 Å². The van der Waals surface area contributed by atoms with E-state index in [4.69, 9.17) is 0 Å². The van der Waals surface area contributed by atoms with Gasteiger partial charge in [0, 0.05) is 11.6 Å². The van der Waals surface area contributed by atoms with Crippen molar-refractivity contribution in [1.82, 2.24) is 9.97 Å². The zero-order valence-electron chi connectivity index (χ0n) is 10.9. The van der Waals surface area contributed by atoms with E-state index in [9.17, 15) is 5.11 Å². The maximum Gasteiger partial charge on any atom is 0.115 e. The number of fused-ring (bicyclic) bond motifs is 3. The van der Waals surface area contributed by atoms with Gasteiger partial charge in [0.15, 0.2) is 0 Å². The molecule has 2 unspecified atom stereocenters. The summed E-state index contributed by atoms with van der Waals surface area (Å²) in [4.78, 5) is 7.67. The first-order valence-electron chi connectivity index (χ1n) is 7.11. The van der Waals surface area contributed by atoms with Crippen LogP contribution in [0.5, 0.6) is 5.75 Å². The van der Waals surface area contributed by atoms with Crippen LogP contribution in [0, 0.1) is 0 Å². The average Bonchev–Trinajstić information content (AvgIpc) is 3.04. The summed E-state index contributed by atoms with van der Waals surface area (Å²) in [6.07, 6.45) is 9.90. The highest BCUT2D eigenvalue weighted by atomic mass is 16.3. The number of nitrogens with zero attached hydrogens (tertiary/aromatic N) is 1. The van der Waals surface area contributed by atoms with E-state index >= 15 is 0 Å². The molecule has 1 aromatic heterocycles. The molecule has 0 aliphatic heterocycles. The molecular weight excluding hydrogens is 236 g/mol. The van der Waals surface area contributed by atoms with Crippen molar-refractivity contribution in [2.24, 2.45) is 0 Å². The van der Waals surface area contributed by atoms with Crippen LogP contribution >= 0.6 is 0 Å². The number of benzene rings is 1. The first kappa shape index (κ1) is 11.1. The largest absolute Gasteiger partial charge is 0.508 e. The number of aromatic amines is 1. The number of phenolic OH excluding ortho intramolecular Hbond substituents is 1. The molecule has 2 aliphatic carbocycles. The molecule has 2 aliphatic rings. The number of rotatable bonds is 1. The Hall–Kier alpha value is -1.77. The van der Waals surface area contributed by atoms with Gasteiger partial charge in [-0.25, -0.2) is 4.98 Å². The monoisotopic (exact) mass is 254 g/mol. The summed E-state index contributed by atoms with van der Waals surface area (Å²) in [5, 5.41) is 9.78. The van der Waals surface area contributed by atoms with E-state index < -0.39 is 0 Å². The summed E-state index contributed by atoms with van der Waals surface area (Å²) in [7, 11) is 0. The van der Waals surface area contributed by atoms with Crippen LogP contribution in [-0.2, 0) is 11.8 Å². The molecule has 2 N–H and O–H groups in total. The van der Waals surface area contributed by atoms with Gasteiger partial charge in [-0.15, -0.1) is 0 Å². The fourth-order valence-electron chi connectivity index (χ4n) is 4.24. The van der Waals surface area contributed by atoms with Gasteiger partial charge < -0.3 is 10.1 Å². The molecule has 98 valence electrons. The average molecular weight is 254 g/mol. The van der Waals surface area contributed by atoms with Gasteiger partial charge in [0.05, 0.1) is 12.0 Å². The molecule has 1 fully saturated rings. The lowest BCUT2D eigenvalue weighted by Gasteiger charge is -2.38. The Labute approximate surface area is 112 Å². The van der Waals surface area contributed by atoms with Crippen molar-refractivity contribution in [1.29, 1.82) is 0 Å². The zero-order valence-corrected chi connectivity index (χ0v) is 10.9. The van der Waals surface area contributed by atoms with Crippen molar-refractivity contribution < 1.29 is 5.11 Å². The fourth-order valence-corrected chi connectivity index (χ4v) is 4.24. The molecular formula is C16H18N2O. The molecule has 3 nitrogen and oxygen atoms in total. The van der Waals surface area contributed by atoms with Gasteiger partial charge in [-0.3, -0.25) is 0 Å². The molecule has 1 heterocycles. The highest BCUT2D eigenvalue weighted by molar-refractivity contribution is 5.47. The third kappa shape index (κ3) is 1.47. The molecule has 2 aromatic rings. The predicted molar refractivity (Wildman–Crippen MR) is 73.3 cm³/mol. The van der Waals surface area contributed by atoms with Crippen molar-refractivity contribution in [2.45, 2.75) is 43.4 Å². The second kappa shape index (κ2) is 3.86. The molecule has 0 radical (unpaired) electrons. The normalized spacial score (nSPS) is 28.9. The van der Waals surface area contributed by atoms with E-state index in [0.29, 0.717) is 11.7 Å². The number of H-pyrrole nitrogens is 1. The number of hydrogen-bond acceptors (Lipinski definition) is 2. The second-order valence-corrected chi connectivity index (χ2v) is 5.97. The van der Waals surface area contributed by atoms with Gasteiger partial charge >= 0.3 is 0 Å². The minimum atomic E-state index is 0.161. The summed E-state index contributed by atoms with van der Waals surface area (Å²) in [6.45, 7) is 0. The van der Waals surface area contributed by atoms with Gasteiger partial charge in [0.1, 0.15) is 5.75 Å². The molecule has 4 rings (SSSR count). The molecule has 0 bridgehead atoms. The Balaban J connectivity index is 1.88. The molecule has 1 aromatic carbocycles. The van der Waals surface area contributed by atoms with E-state index in [1.165, 1.54) is 42.5 Å². The Bertz CT molecular complexity index is 605. The number of aromatic hydroxyl groups is 1.